The van der Waals surface area contributed by atoms with Crippen LogP contribution in [0.25, 0.3) is 11.0 Å². The van der Waals surface area contributed by atoms with E-state index >= 15 is 0 Å². The first-order valence-electron chi connectivity index (χ1n) is 10.2. The molecule has 2 aromatic heterocycles. The molecule has 1 aliphatic heterocycles. The zero-order valence-corrected chi connectivity index (χ0v) is 18.9. The number of nitrogens with zero attached hydrogens (tertiary/aromatic N) is 4. The maximum absolute atomic E-state index is 13.2. The molecule has 0 bridgehead atoms. The number of piperidine rings is 1. The van der Waals surface area contributed by atoms with E-state index in [4.69, 9.17) is 16.3 Å². The van der Waals surface area contributed by atoms with Gasteiger partial charge in [0.15, 0.2) is 5.65 Å². The lowest BCUT2D eigenvalue weighted by atomic mass is 9.99. The number of aromatic nitrogens is 3. The molecular formula is C22H25ClN4O3S. The SMILES string of the molecule is C=CCOCC1CCCN(c2nc(Cl)nc3c2ccn3S(=O)(=O)c2ccc(C)cc2)C1. The summed E-state index contributed by atoms with van der Waals surface area (Å²) in [7, 11) is -3.81. The Morgan fingerprint density at radius 2 is 2.03 bits per heavy atom. The summed E-state index contributed by atoms with van der Waals surface area (Å²) in [5.41, 5.74) is 1.27. The minimum Gasteiger partial charge on any atom is -0.377 e. The van der Waals surface area contributed by atoms with Crippen LogP contribution in [0, 0.1) is 12.8 Å². The molecule has 1 fully saturated rings. The predicted molar refractivity (Wildman–Crippen MR) is 122 cm³/mol. The Hall–Kier alpha value is -2.42. The van der Waals surface area contributed by atoms with E-state index in [2.05, 4.69) is 21.4 Å². The van der Waals surface area contributed by atoms with Crippen molar-refractivity contribution in [3.8, 4) is 0 Å². The Kier molecular flexibility index (Phi) is 6.31. The van der Waals surface area contributed by atoms with Gasteiger partial charge in [0.05, 0.1) is 23.5 Å². The highest BCUT2D eigenvalue weighted by molar-refractivity contribution is 7.90. The monoisotopic (exact) mass is 460 g/mol. The molecule has 1 unspecified atom stereocenters. The number of ether oxygens (including phenoxy) is 1. The quantitative estimate of drug-likeness (QED) is 0.301. The van der Waals surface area contributed by atoms with Crippen LogP contribution in [0.15, 0.2) is 54.1 Å². The molecule has 164 valence electrons. The lowest BCUT2D eigenvalue weighted by molar-refractivity contribution is 0.115. The Labute approximate surface area is 187 Å². The van der Waals surface area contributed by atoms with Crippen LogP contribution in [0.1, 0.15) is 18.4 Å². The van der Waals surface area contributed by atoms with E-state index in [1.54, 1.807) is 36.4 Å². The highest BCUT2D eigenvalue weighted by Gasteiger charge is 2.26. The summed E-state index contributed by atoms with van der Waals surface area (Å²) in [4.78, 5) is 11.0. The minimum absolute atomic E-state index is 0.0200. The number of hydrogen-bond acceptors (Lipinski definition) is 6. The minimum atomic E-state index is -3.81. The van der Waals surface area contributed by atoms with E-state index in [0.29, 0.717) is 30.3 Å². The summed E-state index contributed by atoms with van der Waals surface area (Å²) in [5.74, 6) is 1.01. The molecule has 9 heteroatoms. The van der Waals surface area contributed by atoms with Gasteiger partial charge in [-0.25, -0.2) is 12.4 Å². The van der Waals surface area contributed by atoms with Gasteiger partial charge in [0.1, 0.15) is 5.82 Å². The lowest BCUT2D eigenvalue weighted by Crippen LogP contribution is -2.38. The Bertz CT molecular complexity index is 1190. The maximum Gasteiger partial charge on any atom is 0.269 e. The van der Waals surface area contributed by atoms with Gasteiger partial charge in [0, 0.05) is 19.3 Å². The van der Waals surface area contributed by atoms with Crippen LogP contribution in [-0.4, -0.2) is 48.7 Å². The van der Waals surface area contributed by atoms with E-state index in [1.807, 2.05) is 6.92 Å². The van der Waals surface area contributed by atoms with Crippen molar-refractivity contribution in [2.45, 2.75) is 24.7 Å². The fourth-order valence-electron chi connectivity index (χ4n) is 3.92. The highest BCUT2D eigenvalue weighted by Crippen LogP contribution is 2.31. The third kappa shape index (κ3) is 4.46. The molecule has 0 amide bonds. The van der Waals surface area contributed by atoms with Crippen molar-refractivity contribution in [1.29, 1.82) is 0 Å². The molecule has 1 aromatic carbocycles. The summed E-state index contributed by atoms with van der Waals surface area (Å²) in [6, 6.07) is 8.48. The van der Waals surface area contributed by atoms with Crippen molar-refractivity contribution < 1.29 is 13.2 Å². The van der Waals surface area contributed by atoms with Crippen LogP contribution in [0.3, 0.4) is 0 Å². The first-order valence-corrected chi connectivity index (χ1v) is 12.0. The summed E-state index contributed by atoms with van der Waals surface area (Å²) in [6.45, 7) is 8.34. The summed E-state index contributed by atoms with van der Waals surface area (Å²) < 4.78 is 33.3. The number of halogens is 1. The number of hydrogen-bond donors (Lipinski definition) is 0. The van der Waals surface area contributed by atoms with Crippen LogP contribution in [0.4, 0.5) is 5.82 Å². The van der Waals surface area contributed by atoms with Gasteiger partial charge in [-0.3, -0.25) is 0 Å². The third-order valence-corrected chi connectivity index (χ3v) is 7.30. The Balaban J connectivity index is 1.70. The van der Waals surface area contributed by atoms with Crippen LogP contribution in [0.5, 0.6) is 0 Å². The van der Waals surface area contributed by atoms with Crippen LogP contribution >= 0.6 is 11.6 Å². The zero-order valence-electron chi connectivity index (χ0n) is 17.4. The van der Waals surface area contributed by atoms with Crippen LogP contribution in [0.2, 0.25) is 5.28 Å². The second kappa shape index (κ2) is 8.98. The molecular weight excluding hydrogens is 436 g/mol. The molecule has 1 atom stereocenters. The molecule has 0 saturated carbocycles. The van der Waals surface area contributed by atoms with Gasteiger partial charge >= 0.3 is 0 Å². The van der Waals surface area contributed by atoms with Gasteiger partial charge in [-0.15, -0.1) is 6.58 Å². The number of anilines is 1. The van der Waals surface area contributed by atoms with Gasteiger partial charge < -0.3 is 9.64 Å². The number of fused-ring (bicyclic) bond motifs is 1. The van der Waals surface area contributed by atoms with Crippen molar-refractivity contribution >= 4 is 38.5 Å². The van der Waals surface area contributed by atoms with Crippen molar-refractivity contribution in [3.63, 3.8) is 0 Å². The molecule has 0 spiro atoms. The van der Waals surface area contributed by atoms with Crippen molar-refractivity contribution in [2.75, 3.05) is 31.2 Å². The Morgan fingerprint density at radius 3 is 2.77 bits per heavy atom. The second-order valence-corrected chi connectivity index (χ2v) is 9.92. The molecule has 3 aromatic rings. The van der Waals surface area contributed by atoms with Crippen LogP contribution in [-0.2, 0) is 14.8 Å². The Morgan fingerprint density at radius 1 is 1.26 bits per heavy atom. The van der Waals surface area contributed by atoms with Crippen molar-refractivity contribution in [1.82, 2.24) is 13.9 Å². The molecule has 31 heavy (non-hydrogen) atoms. The van der Waals surface area contributed by atoms with Crippen LogP contribution < -0.4 is 4.90 Å². The molecule has 7 nitrogen and oxygen atoms in total. The summed E-state index contributed by atoms with van der Waals surface area (Å²) >= 11 is 6.23. The summed E-state index contributed by atoms with van der Waals surface area (Å²) in [5, 5.41) is 0.680. The molecule has 4 rings (SSSR count). The number of rotatable bonds is 7. The average Bonchev–Trinajstić information content (AvgIpc) is 3.18. The fraction of sp³-hybridized carbons (Fsp3) is 0.364. The first kappa shape index (κ1) is 21.8. The second-order valence-electron chi connectivity index (χ2n) is 7.76. The van der Waals surface area contributed by atoms with Gasteiger partial charge in [-0.2, -0.15) is 9.97 Å². The number of benzene rings is 1. The van der Waals surface area contributed by atoms with E-state index in [1.165, 1.54) is 10.2 Å². The number of aryl methyl sites for hydroxylation is 1. The summed E-state index contributed by atoms with van der Waals surface area (Å²) in [6.07, 6.45) is 5.32. The van der Waals surface area contributed by atoms with Gasteiger partial charge in [-0.1, -0.05) is 23.8 Å². The highest BCUT2D eigenvalue weighted by atomic mass is 35.5. The molecule has 3 heterocycles. The molecule has 1 saturated heterocycles. The molecule has 0 N–H and O–H groups in total. The van der Waals surface area contributed by atoms with Crippen molar-refractivity contribution in [3.05, 3.63) is 60.0 Å². The first-order chi connectivity index (χ1) is 14.9. The predicted octanol–water partition coefficient (Wildman–Crippen LogP) is 4.05. The smallest absolute Gasteiger partial charge is 0.269 e. The van der Waals surface area contributed by atoms with Gasteiger partial charge in [0.2, 0.25) is 5.28 Å². The largest absolute Gasteiger partial charge is 0.377 e. The molecule has 0 aliphatic carbocycles. The van der Waals surface area contributed by atoms with E-state index in [-0.39, 0.29) is 15.8 Å². The van der Waals surface area contributed by atoms with E-state index in [0.717, 1.165) is 31.5 Å². The third-order valence-electron chi connectivity index (χ3n) is 5.45. The van der Waals surface area contributed by atoms with Gasteiger partial charge in [-0.05, 0) is 55.5 Å². The molecule has 1 aliphatic rings. The maximum atomic E-state index is 13.2. The average molecular weight is 461 g/mol. The van der Waals surface area contributed by atoms with Gasteiger partial charge in [0.25, 0.3) is 10.0 Å². The van der Waals surface area contributed by atoms with E-state index < -0.39 is 10.0 Å². The van der Waals surface area contributed by atoms with E-state index in [9.17, 15) is 8.42 Å². The zero-order chi connectivity index (χ0) is 22.0. The standard InChI is InChI=1S/C22H25ClN4O3S/c1-3-13-30-15-17-5-4-11-26(14-17)20-19-10-12-27(21(19)25-22(23)24-20)31(28,29)18-8-6-16(2)7-9-18/h3,6-10,12,17H,1,4-5,11,13-15H2,2H3. The fourth-order valence-corrected chi connectivity index (χ4v) is 5.38. The normalized spacial score (nSPS) is 17.2. The lowest BCUT2D eigenvalue weighted by Gasteiger charge is -2.33. The topological polar surface area (TPSA) is 77.3 Å². The molecule has 0 radical (unpaired) electrons. The van der Waals surface area contributed by atoms with Crippen molar-refractivity contribution in [2.24, 2.45) is 5.92 Å².